The summed E-state index contributed by atoms with van der Waals surface area (Å²) in [6.45, 7) is 1.30. The van der Waals surface area contributed by atoms with E-state index in [4.69, 9.17) is 9.73 Å². The van der Waals surface area contributed by atoms with Gasteiger partial charge in [-0.15, -0.1) is 0 Å². The van der Waals surface area contributed by atoms with E-state index in [9.17, 15) is 0 Å². The SMILES string of the molecule is c1ccc(N=C(c2ccccc2)c2c3c(cc4ccccc24)COC3)cc1. The molecule has 2 heteroatoms. The first kappa shape index (κ1) is 16.0. The Morgan fingerprint density at radius 1 is 0.741 bits per heavy atom. The van der Waals surface area contributed by atoms with Crippen LogP contribution in [0.1, 0.15) is 22.3 Å². The van der Waals surface area contributed by atoms with E-state index in [2.05, 4.69) is 54.6 Å². The van der Waals surface area contributed by atoms with Gasteiger partial charge in [-0.1, -0.05) is 72.8 Å². The molecule has 4 aromatic rings. The molecule has 0 fully saturated rings. The third kappa shape index (κ3) is 2.94. The molecule has 0 radical (unpaired) electrons. The molecule has 1 aliphatic rings. The highest BCUT2D eigenvalue weighted by molar-refractivity contribution is 6.21. The number of ether oxygens (including phenoxy) is 1. The maximum atomic E-state index is 5.81. The Hall–Kier alpha value is -3.23. The van der Waals surface area contributed by atoms with Crippen LogP contribution in [0, 0.1) is 0 Å². The highest BCUT2D eigenvalue weighted by Gasteiger charge is 2.22. The first-order valence-corrected chi connectivity index (χ1v) is 9.21. The summed E-state index contributed by atoms with van der Waals surface area (Å²) in [6.07, 6.45) is 0. The molecule has 2 nitrogen and oxygen atoms in total. The van der Waals surface area contributed by atoms with Gasteiger partial charge in [0, 0.05) is 11.1 Å². The molecule has 0 amide bonds. The predicted molar refractivity (Wildman–Crippen MR) is 111 cm³/mol. The summed E-state index contributed by atoms with van der Waals surface area (Å²) in [4.78, 5) is 5.09. The fourth-order valence-corrected chi connectivity index (χ4v) is 3.77. The average Bonchev–Trinajstić information content (AvgIpc) is 3.20. The molecule has 0 unspecified atom stereocenters. The van der Waals surface area contributed by atoms with Crippen LogP contribution >= 0.6 is 0 Å². The highest BCUT2D eigenvalue weighted by Crippen LogP contribution is 2.34. The van der Waals surface area contributed by atoms with E-state index in [1.54, 1.807) is 0 Å². The van der Waals surface area contributed by atoms with Crippen LogP contribution in [0.5, 0.6) is 0 Å². The number of nitrogens with zero attached hydrogens (tertiary/aromatic N) is 1. The summed E-state index contributed by atoms with van der Waals surface area (Å²) < 4.78 is 5.81. The van der Waals surface area contributed by atoms with Crippen molar-refractivity contribution in [2.45, 2.75) is 13.2 Å². The van der Waals surface area contributed by atoms with E-state index >= 15 is 0 Å². The maximum absolute atomic E-state index is 5.81. The van der Waals surface area contributed by atoms with Gasteiger partial charge in [0.2, 0.25) is 0 Å². The Bertz CT molecular complexity index is 1130. The number of aliphatic imine (C=N–C) groups is 1. The monoisotopic (exact) mass is 349 g/mol. The van der Waals surface area contributed by atoms with Gasteiger partial charge in [-0.05, 0) is 40.1 Å². The molecule has 5 rings (SSSR count). The van der Waals surface area contributed by atoms with Crippen LogP contribution in [0.2, 0.25) is 0 Å². The molecule has 1 heterocycles. The first-order chi connectivity index (χ1) is 13.4. The summed E-state index contributed by atoms with van der Waals surface area (Å²) in [6, 6.07) is 31.4. The van der Waals surface area contributed by atoms with Crippen molar-refractivity contribution >= 4 is 22.2 Å². The van der Waals surface area contributed by atoms with Gasteiger partial charge in [0.15, 0.2) is 0 Å². The van der Waals surface area contributed by atoms with Crippen molar-refractivity contribution in [3.05, 3.63) is 113 Å². The number of hydrogen-bond donors (Lipinski definition) is 0. The molecule has 0 atom stereocenters. The van der Waals surface area contributed by atoms with Crippen LogP contribution in [0.25, 0.3) is 10.8 Å². The van der Waals surface area contributed by atoms with Crippen LogP contribution in [0.15, 0.2) is 96.0 Å². The number of fused-ring (bicyclic) bond motifs is 2. The number of rotatable bonds is 3. The minimum atomic E-state index is 0.635. The molecule has 0 aliphatic carbocycles. The largest absolute Gasteiger partial charge is 0.372 e. The quantitative estimate of drug-likeness (QED) is 0.413. The fraction of sp³-hybridized carbons (Fsp3) is 0.0800. The van der Waals surface area contributed by atoms with Crippen molar-refractivity contribution in [3.8, 4) is 0 Å². The zero-order valence-electron chi connectivity index (χ0n) is 14.9. The zero-order chi connectivity index (χ0) is 18.1. The lowest BCUT2D eigenvalue weighted by Crippen LogP contribution is -2.08. The van der Waals surface area contributed by atoms with Crippen molar-refractivity contribution in [2.24, 2.45) is 4.99 Å². The van der Waals surface area contributed by atoms with Gasteiger partial charge in [-0.2, -0.15) is 0 Å². The summed E-state index contributed by atoms with van der Waals surface area (Å²) in [7, 11) is 0. The van der Waals surface area contributed by atoms with Gasteiger partial charge in [0.05, 0.1) is 24.6 Å². The molecule has 130 valence electrons. The lowest BCUT2D eigenvalue weighted by Gasteiger charge is -2.15. The molecular formula is C25H19NO. The average molecular weight is 349 g/mol. The van der Waals surface area contributed by atoms with E-state index in [0.717, 1.165) is 17.0 Å². The summed E-state index contributed by atoms with van der Waals surface area (Å²) in [5, 5.41) is 2.45. The molecule has 0 spiro atoms. The number of benzene rings is 4. The van der Waals surface area contributed by atoms with Crippen molar-refractivity contribution in [1.82, 2.24) is 0 Å². The van der Waals surface area contributed by atoms with Crippen LogP contribution in [-0.4, -0.2) is 5.71 Å². The van der Waals surface area contributed by atoms with Crippen molar-refractivity contribution in [1.29, 1.82) is 0 Å². The lowest BCUT2D eigenvalue weighted by atomic mass is 9.90. The summed E-state index contributed by atoms with van der Waals surface area (Å²) in [5.74, 6) is 0. The lowest BCUT2D eigenvalue weighted by molar-refractivity contribution is 0.134. The van der Waals surface area contributed by atoms with Crippen LogP contribution < -0.4 is 0 Å². The third-order valence-corrected chi connectivity index (χ3v) is 5.03. The van der Waals surface area contributed by atoms with Gasteiger partial charge in [-0.3, -0.25) is 0 Å². The minimum Gasteiger partial charge on any atom is -0.372 e. The van der Waals surface area contributed by atoms with Gasteiger partial charge in [-0.25, -0.2) is 4.99 Å². The van der Waals surface area contributed by atoms with Gasteiger partial charge >= 0.3 is 0 Å². The topological polar surface area (TPSA) is 21.6 Å². The van der Waals surface area contributed by atoms with E-state index in [-0.39, 0.29) is 0 Å². The Morgan fingerprint density at radius 2 is 1.44 bits per heavy atom. The third-order valence-electron chi connectivity index (χ3n) is 5.03. The van der Waals surface area contributed by atoms with Gasteiger partial charge in [0.1, 0.15) is 0 Å². The normalized spacial score (nSPS) is 13.7. The summed E-state index contributed by atoms with van der Waals surface area (Å²) in [5.41, 5.74) is 6.78. The Labute approximate surface area is 158 Å². The van der Waals surface area contributed by atoms with Crippen LogP contribution in [-0.2, 0) is 18.0 Å². The second kappa shape index (κ2) is 6.82. The van der Waals surface area contributed by atoms with Crippen molar-refractivity contribution in [3.63, 3.8) is 0 Å². The smallest absolute Gasteiger partial charge is 0.0791 e. The standard InChI is InChI=1S/C25H19NO/c1-3-9-18(10-4-1)25(26-21-12-5-2-6-13-21)24-22-14-8-7-11-19(22)15-20-16-27-17-23(20)24/h1-15H,16-17H2. The molecule has 0 saturated heterocycles. The molecule has 0 aromatic heterocycles. The molecule has 0 saturated carbocycles. The first-order valence-electron chi connectivity index (χ1n) is 9.21. The molecule has 0 bridgehead atoms. The summed E-state index contributed by atoms with van der Waals surface area (Å²) >= 11 is 0. The van der Waals surface area contributed by atoms with E-state index < -0.39 is 0 Å². The molecule has 1 aliphatic heterocycles. The molecule has 0 N–H and O–H groups in total. The van der Waals surface area contributed by atoms with Crippen LogP contribution in [0.3, 0.4) is 0 Å². The minimum absolute atomic E-state index is 0.635. The maximum Gasteiger partial charge on any atom is 0.0791 e. The highest BCUT2D eigenvalue weighted by atomic mass is 16.5. The Morgan fingerprint density at radius 3 is 2.26 bits per heavy atom. The molecular weight excluding hydrogens is 330 g/mol. The van der Waals surface area contributed by atoms with E-state index in [1.807, 2.05) is 36.4 Å². The van der Waals surface area contributed by atoms with Gasteiger partial charge < -0.3 is 4.74 Å². The zero-order valence-corrected chi connectivity index (χ0v) is 14.9. The predicted octanol–water partition coefficient (Wildman–Crippen LogP) is 6.04. The van der Waals surface area contributed by atoms with E-state index in [1.165, 1.54) is 27.5 Å². The number of hydrogen-bond acceptors (Lipinski definition) is 2. The second-order valence-corrected chi connectivity index (χ2v) is 6.77. The van der Waals surface area contributed by atoms with Crippen molar-refractivity contribution < 1.29 is 4.74 Å². The molecule has 4 aromatic carbocycles. The second-order valence-electron chi connectivity index (χ2n) is 6.77. The Balaban J connectivity index is 1.85. The van der Waals surface area contributed by atoms with Gasteiger partial charge in [0.25, 0.3) is 0 Å². The Kier molecular flexibility index (Phi) is 4.04. The molecule has 27 heavy (non-hydrogen) atoms. The fourth-order valence-electron chi connectivity index (χ4n) is 3.77. The van der Waals surface area contributed by atoms with Crippen LogP contribution in [0.4, 0.5) is 5.69 Å². The van der Waals surface area contributed by atoms with Crippen molar-refractivity contribution in [2.75, 3.05) is 0 Å². The number of para-hydroxylation sites is 1. The van der Waals surface area contributed by atoms with E-state index in [0.29, 0.717) is 13.2 Å².